The summed E-state index contributed by atoms with van der Waals surface area (Å²) in [6.07, 6.45) is 4.25. The van der Waals surface area contributed by atoms with Crippen molar-refractivity contribution < 1.29 is 53.8 Å². The summed E-state index contributed by atoms with van der Waals surface area (Å²) in [5, 5.41) is 46.8. The van der Waals surface area contributed by atoms with E-state index in [0.717, 1.165) is 6.08 Å². The fourth-order valence-corrected chi connectivity index (χ4v) is 6.23. The number of benzene rings is 1. The molecule has 1 aliphatic carbocycles. The lowest BCUT2D eigenvalue weighted by atomic mass is 9.78. The highest BCUT2D eigenvalue weighted by Crippen LogP contribution is 2.47. The van der Waals surface area contributed by atoms with E-state index in [1.54, 1.807) is 39.8 Å². The van der Waals surface area contributed by atoms with Crippen molar-refractivity contribution >= 4 is 23.3 Å². The Balaban J connectivity index is 1.80. The number of fused-ring (bicyclic) bond motifs is 14. The molecule has 3 heterocycles. The fourth-order valence-electron chi connectivity index (χ4n) is 6.23. The molecular weight excluding hydrogens is 610 g/mol. The minimum atomic E-state index is -2.00. The molecule has 0 spiro atoms. The minimum Gasteiger partial charge on any atom is -0.507 e. The fraction of sp³-hybridized carbons (Fsp3) is 0.486. The molecule has 254 valence electrons. The molecule has 9 atom stereocenters. The SMILES string of the molecule is CO[C@H]1C=CO[C@@]2(C)Oc3c(C)c(O)c4c(c3C2=O)C(=O)C=C(NC(=O)/C(C)=C\C=C/[C@H](C)[C@H](O)[C@@H](C)[C@H](O)[C@H](C)[C@H](O)[C@@H]1C)C4=O. The Labute approximate surface area is 273 Å². The standard InChI is InChI=1S/C35H43NO11/c1-15-10-9-11-16(2)34(44)36-21-14-22(37)24-25(31(21)42)30(41)20(6)32-26(24)33(43)35(7,47-32)46-13-12-23(45-8)17(3)28(39)19(5)29(40)18(4)27(15)38/h9-15,17-19,23,27-29,38-41H,1-8H3,(H,36,44)/b10-9-,13-12?,16-11-/t15-,17+,18+,19+,23-,27-,28+,29-,35-/m0/s1. The van der Waals surface area contributed by atoms with E-state index in [0.29, 0.717) is 0 Å². The number of carbonyl (C=O) groups is 4. The lowest BCUT2D eigenvalue weighted by Gasteiger charge is -2.36. The molecule has 12 heteroatoms. The first-order valence-electron chi connectivity index (χ1n) is 15.5. The number of phenolic OH excluding ortho intramolecular Hbond substituents is 1. The summed E-state index contributed by atoms with van der Waals surface area (Å²) in [5.41, 5.74) is -1.24. The van der Waals surface area contributed by atoms with Crippen molar-refractivity contribution in [3.05, 3.63) is 70.2 Å². The highest BCUT2D eigenvalue weighted by molar-refractivity contribution is 6.30. The highest BCUT2D eigenvalue weighted by atomic mass is 16.7. The Bertz CT molecular complexity index is 1600. The van der Waals surface area contributed by atoms with Gasteiger partial charge in [0.15, 0.2) is 5.78 Å². The van der Waals surface area contributed by atoms with E-state index >= 15 is 0 Å². The van der Waals surface area contributed by atoms with Gasteiger partial charge in [-0.25, -0.2) is 0 Å². The zero-order valence-corrected chi connectivity index (χ0v) is 27.7. The average molecular weight is 654 g/mol. The molecule has 1 aromatic carbocycles. The van der Waals surface area contributed by atoms with Crippen LogP contribution in [0, 0.1) is 30.6 Å². The third-order valence-corrected chi connectivity index (χ3v) is 9.54. The predicted octanol–water partition coefficient (Wildman–Crippen LogP) is 3.06. The van der Waals surface area contributed by atoms with Crippen LogP contribution in [-0.2, 0) is 14.3 Å². The van der Waals surface area contributed by atoms with Gasteiger partial charge in [0.05, 0.1) is 53.1 Å². The van der Waals surface area contributed by atoms with Gasteiger partial charge in [-0.15, -0.1) is 0 Å². The zero-order valence-electron chi connectivity index (χ0n) is 27.7. The van der Waals surface area contributed by atoms with Gasteiger partial charge in [-0.2, -0.15) is 0 Å². The third-order valence-electron chi connectivity index (χ3n) is 9.54. The van der Waals surface area contributed by atoms with E-state index in [9.17, 15) is 39.6 Å². The number of hydrogen-bond acceptors (Lipinski definition) is 11. The second kappa shape index (κ2) is 13.6. The van der Waals surface area contributed by atoms with Crippen LogP contribution in [0.15, 0.2) is 47.9 Å². The molecule has 5 N–H and O–H groups in total. The van der Waals surface area contributed by atoms with Crippen LogP contribution in [0.2, 0.25) is 0 Å². The molecule has 47 heavy (non-hydrogen) atoms. The van der Waals surface area contributed by atoms with E-state index < -0.39 is 88.4 Å². The van der Waals surface area contributed by atoms with Gasteiger partial charge in [-0.05, 0) is 19.9 Å². The maximum Gasteiger partial charge on any atom is 0.312 e. The van der Waals surface area contributed by atoms with Crippen LogP contribution < -0.4 is 10.1 Å². The van der Waals surface area contributed by atoms with Gasteiger partial charge >= 0.3 is 5.79 Å². The monoisotopic (exact) mass is 653 g/mol. The summed E-state index contributed by atoms with van der Waals surface area (Å²) >= 11 is 0. The first-order chi connectivity index (χ1) is 22.0. The number of aromatic hydroxyl groups is 1. The first kappa shape index (κ1) is 35.7. The van der Waals surface area contributed by atoms with Crippen LogP contribution in [0.1, 0.15) is 78.2 Å². The number of ketones is 3. The van der Waals surface area contributed by atoms with Crippen LogP contribution in [0.3, 0.4) is 0 Å². The van der Waals surface area contributed by atoms with Crippen LogP contribution in [0.5, 0.6) is 11.5 Å². The topological polar surface area (TPSA) is 189 Å². The molecular formula is C35H43NO11. The minimum absolute atomic E-state index is 0.0217. The molecule has 0 fully saturated rings. The molecule has 1 aromatic rings. The Morgan fingerprint density at radius 3 is 2.13 bits per heavy atom. The molecule has 1 amide bonds. The molecule has 0 unspecified atom stereocenters. The van der Waals surface area contributed by atoms with Crippen molar-refractivity contribution in [1.82, 2.24) is 5.32 Å². The van der Waals surface area contributed by atoms with Crippen LogP contribution in [0.4, 0.5) is 0 Å². The van der Waals surface area contributed by atoms with Crippen molar-refractivity contribution in [2.24, 2.45) is 23.7 Å². The van der Waals surface area contributed by atoms with E-state index in [4.69, 9.17) is 14.2 Å². The van der Waals surface area contributed by atoms with E-state index in [-0.39, 0.29) is 33.7 Å². The number of carbonyl (C=O) groups excluding carboxylic acids is 4. The Kier molecular flexibility index (Phi) is 10.3. The van der Waals surface area contributed by atoms with E-state index in [1.165, 1.54) is 46.3 Å². The summed E-state index contributed by atoms with van der Waals surface area (Å²) < 4.78 is 17.2. The van der Waals surface area contributed by atoms with Crippen molar-refractivity contribution in [2.75, 3.05) is 7.11 Å². The van der Waals surface area contributed by atoms with Gasteiger partial charge in [-0.3, -0.25) is 19.2 Å². The smallest absolute Gasteiger partial charge is 0.312 e. The normalized spacial score (nSPS) is 35.4. The summed E-state index contributed by atoms with van der Waals surface area (Å²) in [4.78, 5) is 53.7. The lowest BCUT2D eigenvalue weighted by Crippen LogP contribution is -2.44. The quantitative estimate of drug-likeness (QED) is 0.300. The largest absolute Gasteiger partial charge is 0.507 e. The molecule has 5 rings (SSSR count). The lowest BCUT2D eigenvalue weighted by molar-refractivity contribution is -0.116. The Morgan fingerprint density at radius 1 is 0.872 bits per heavy atom. The molecule has 3 aliphatic heterocycles. The van der Waals surface area contributed by atoms with Gasteiger partial charge in [-0.1, -0.05) is 45.9 Å². The maximum atomic E-state index is 13.8. The number of nitrogens with one attached hydrogen (secondary N) is 1. The van der Waals surface area contributed by atoms with Crippen molar-refractivity contribution in [1.29, 1.82) is 0 Å². The zero-order chi connectivity index (χ0) is 35.1. The summed E-state index contributed by atoms with van der Waals surface area (Å²) in [7, 11) is 1.42. The second-order valence-corrected chi connectivity index (χ2v) is 12.8. The highest BCUT2D eigenvalue weighted by Gasteiger charge is 2.51. The van der Waals surface area contributed by atoms with Gasteiger partial charge in [0, 0.05) is 54.9 Å². The maximum absolute atomic E-state index is 13.8. The summed E-state index contributed by atoms with van der Waals surface area (Å²) in [6.45, 7) is 11.0. The van der Waals surface area contributed by atoms with Gasteiger partial charge in [0.1, 0.15) is 11.5 Å². The molecule has 0 saturated heterocycles. The van der Waals surface area contributed by atoms with Crippen molar-refractivity contribution in [2.45, 2.75) is 78.7 Å². The number of methoxy groups -OCH3 is 1. The molecule has 4 aliphatic rings. The number of hydrogen-bond donors (Lipinski definition) is 5. The van der Waals surface area contributed by atoms with Crippen LogP contribution in [0.25, 0.3) is 0 Å². The number of aliphatic hydroxyl groups is 3. The number of allylic oxidation sites excluding steroid dienone is 4. The van der Waals surface area contributed by atoms with Crippen LogP contribution in [-0.4, -0.2) is 81.0 Å². The van der Waals surface area contributed by atoms with Crippen molar-refractivity contribution in [3.8, 4) is 11.5 Å². The Morgan fingerprint density at radius 2 is 1.49 bits per heavy atom. The number of aliphatic hydroxyl groups excluding tert-OH is 3. The molecule has 5 bridgehead atoms. The van der Waals surface area contributed by atoms with E-state index in [2.05, 4.69) is 5.32 Å². The van der Waals surface area contributed by atoms with Gasteiger partial charge < -0.3 is 40.0 Å². The van der Waals surface area contributed by atoms with Gasteiger partial charge in [0.25, 0.3) is 11.7 Å². The number of Topliss-reactive ketones (excluding diaryl/α,β-unsaturated/α-hetero) is 2. The molecule has 0 aromatic heterocycles. The Hall–Kier alpha value is -4.10. The first-order valence-corrected chi connectivity index (χ1v) is 15.5. The number of ether oxygens (including phenoxy) is 3. The molecule has 0 radical (unpaired) electrons. The van der Waals surface area contributed by atoms with E-state index in [1.807, 2.05) is 0 Å². The van der Waals surface area contributed by atoms with Gasteiger partial charge in [0.2, 0.25) is 5.78 Å². The van der Waals surface area contributed by atoms with Crippen LogP contribution >= 0.6 is 0 Å². The number of amides is 1. The average Bonchev–Trinajstić information content (AvgIpc) is 3.30. The number of rotatable bonds is 1. The predicted molar refractivity (Wildman–Crippen MR) is 170 cm³/mol. The number of phenols is 1. The molecule has 12 nitrogen and oxygen atoms in total. The summed E-state index contributed by atoms with van der Waals surface area (Å²) in [6, 6.07) is 0. The molecule has 0 saturated carbocycles. The third kappa shape index (κ3) is 6.42. The van der Waals surface area contributed by atoms with Crippen molar-refractivity contribution in [3.63, 3.8) is 0 Å². The second-order valence-electron chi connectivity index (χ2n) is 12.8. The summed E-state index contributed by atoms with van der Waals surface area (Å²) in [5.74, 6) is -8.23.